The molecule has 3 aromatic rings. The highest BCUT2D eigenvalue weighted by Crippen LogP contribution is 2.25. The summed E-state index contributed by atoms with van der Waals surface area (Å²) in [7, 11) is 0. The van der Waals surface area contributed by atoms with E-state index in [0.717, 1.165) is 21.8 Å². The van der Waals surface area contributed by atoms with Crippen LogP contribution in [0.2, 0.25) is 0 Å². The van der Waals surface area contributed by atoms with Crippen LogP contribution in [0.15, 0.2) is 24.3 Å². The topological polar surface area (TPSA) is 47.3 Å². The fourth-order valence-corrected chi connectivity index (χ4v) is 2.64. The van der Waals surface area contributed by atoms with Crippen LogP contribution in [-0.4, -0.2) is 20.9 Å². The lowest BCUT2D eigenvalue weighted by Crippen LogP contribution is -1.93. The van der Waals surface area contributed by atoms with Crippen molar-refractivity contribution in [1.29, 1.82) is 0 Å². The zero-order chi connectivity index (χ0) is 12.7. The Kier molecular flexibility index (Phi) is 2.48. The van der Waals surface area contributed by atoms with E-state index in [1.165, 1.54) is 16.9 Å². The predicted molar refractivity (Wildman–Crippen MR) is 71.2 cm³/mol. The maximum atomic E-state index is 11.3. The first-order chi connectivity index (χ1) is 8.69. The summed E-state index contributed by atoms with van der Waals surface area (Å²) in [5.41, 5.74) is 3.33. The van der Waals surface area contributed by atoms with E-state index in [2.05, 4.69) is 10.1 Å². The van der Waals surface area contributed by atoms with Crippen LogP contribution in [-0.2, 0) is 0 Å². The average Bonchev–Trinajstić information content (AvgIpc) is 2.85. The van der Waals surface area contributed by atoms with Crippen molar-refractivity contribution in [3.05, 3.63) is 40.5 Å². The van der Waals surface area contributed by atoms with Gasteiger partial charge in [-0.15, -0.1) is 0 Å². The van der Waals surface area contributed by atoms with Gasteiger partial charge in [0.05, 0.1) is 0 Å². The first-order valence-corrected chi connectivity index (χ1v) is 6.39. The minimum Gasteiger partial charge on any atom is -0.296 e. The van der Waals surface area contributed by atoms with Crippen LogP contribution in [0.4, 0.5) is 0 Å². The molecule has 0 aliphatic rings. The van der Waals surface area contributed by atoms with Gasteiger partial charge in [-0.3, -0.25) is 4.79 Å². The van der Waals surface area contributed by atoms with Gasteiger partial charge in [-0.2, -0.15) is 9.61 Å². The van der Waals surface area contributed by atoms with E-state index in [9.17, 15) is 4.79 Å². The zero-order valence-corrected chi connectivity index (χ0v) is 10.9. The molecule has 0 saturated heterocycles. The van der Waals surface area contributed by atoms with E-state index in [0.29, 0.717) is 11.4 Å². The third-order valence-corrected chi connectivity index (χ3v) is 3.60. The number of carbonyl (C=O) groups is 1. The molecule has 4 nitrogen and oxygen atoms in total. The second-order valence-corrected chi connectivity index (χ2v) is 5.31. The standard InChI is InChI=1S/C13H11N3OS/c1-8-3-5-10(6-4-8)12-11(7-17)16-13(14-12)18-9(2)15-16/h3-7H,1-2H3. The van der Waals surface area contributed by atoms with Gasteiger partial charge in [-0.25, -0.2) is 4.98 Å². The van der Waals surface area contributed by atoms with E-state index >= 15 is 0 Å². The molecule has 0 atom stereocenters. The number of benzene rings is 1. The van der Waals surface area contributed by atoms with Gasteiger partial charge in [0, 0.05) is 5.56 Å². The van der Waals surface area contributed by atoms with Gasteiger partial charge < -0.3 is 0 Å². The fourth-order valence-electron chi connectivity index (χ4n) is 1.89. The molecule has 90 valence electrons. The molecule has 1 aromatic carbocycles. The summed E-state index contributed by atoms with van der Waals surface area (Å²) in [5.74, 6) is 0. The Morgan fingerprint density at radius 3 is 2.61 bits per heavy atom. The van der Waals surface area contributed by atoms with E-state index in [1.54, 1.807) is 4.52 Å². The fraction of sp³-hybridized carbons (Fsp3) is 0.154. The van der Waals surface area contributed by atoms with Crippen LogP contribution in [0.3, 0.4) is 0 Å². The summed E-state index contributed by atoms with van der Waals surface area (Å²) in [6.45, 7) is 3.93. The Morgan fingerprint density at radius 1 is 1.22 bits per heavy atom. The Morgan fingerprint density at radius 2 is 1.94 bits per heavy atom. The van der Waals surface area contributed by atoms with Crippen LogP contribution in [0.1, 0.15) is 21.1 Å². The van der Waals surface area contributed by atoms with Crippen LogP contribution in [0, 0.1) is 13.8 Å². The first kappa shape index (κ1) is 11.1. The zero-order valence-electron chi connectivity index (χ0n) is 10.0. The number of aldehydes is 1. The van der Waals surface area contributed by atoms with Crippen molar-refractivity contribution in [1.82, 2.24) is 14.6 Å². The number of aryl methyl sites for hydroxylation is 2. The Hall–Kier alpha value is -2.01. The van der Waals surface area contributed by atoms with E-state index in [-0.39, 0.29) is 0 Å². The Balaban J connectivity index is 2.25. The number of hydrogen-bond acceptors (Lipinski definition) is 4. The lowest BCUT2D eigenvalue weighted by atomic mass is 10.1. The molecule has 2 heterocycles. The molecule has 0 radical (unpaired) electrons. The molecular formula is C13H11N3OS. The summed E-state index contributed by atoms with van der Waals surface area (Å²) < 4.78 is 1.61. The quantitative estimate of drug-likeness (QED) is 0.663. The minimum atomic E-state index is 0.512. The van der Waals surface area contributed by atoms with Gasteiger partial charge >= 0.3 is 0 Å². The molecule has 0 amide bonds. The van der Waals surface area contributed by atoms with Gasteiger partial charge in [0.1, 0.15) is 16.4 Å². The monoisotopic (exact) mass is 257 g/mol. The number of nitrogens with zero attached hydrogens (tertiary/aromatic N) is 3. The van der Waals surface area contributed by atoms with Gasteiger partial charge in [0.2, 0.25) is 4.96 Å². The molecule has 0 spiro atoms. The molecule has 18 heavy (non-hydrogen) atoms. The largest absolute Gasteiger partial charge is 0.296 e. The second-order valence-electron chi connectivity index (χ2n) is 4.14. The van der Waals surface area contributed by atoms with E-state index in [1.807, 2.05) is 38.1 Å². The third kappa shape index (κ3) is 1.64. The lowest BCUT2D eigenvalue weighted by Gasteiger charge is -1.98. The third-order valence-electron chi connectivity index (χ3n) is 2.78. The molecular weight excluding hydrogens is 246 g/mol. The summed E-state index contributed by atoms with van der Waals surface area (Å²) in [5, 5.41) is 5.19. The molecule has 3 rings (SSSR count). The molecule has 0 unspecified atom stereocenters. The smallest absolute Gasteiger partial charge is 0.213 e. The highest BCUT2D eigenvalue weighted by atomic mass is 32.1. The number of carbonyl (C=O) groups excluding carboxylic acids is 1. The van der Waals surface area contributed by atoms with Gasteiger partial charge in [-0.05, 0) is 13.8 Å². The SMILES string of the molecule is Cc1ccc(-c2nc3sc(C)nn3c2C=O)cc1. The van der Waals surface area contributed by atoms with Crippen LogP contribution in [0.5, 0.6) is 0 Å². The van der Waals surface area contributed by atoms with Crippen molar-refractivity contribution >= 4 is 22.6 Å². The predicted octanol–water partition coefficient (Wildman–Crippen LogP) is 2.89. The van der Waals surface area contributed by atoms with Gasteiger partial charge in [-0.1, -0.05) is 41.2 Å². The normalized spacial score (nSPS) is 11.0. The van der Waals surface area contributed by atoms with E-state index < -0.39 is 0 Å². The summed E-state index contributed by atoms with van der Waals surface area (Å²) in [6, 6.07) is 7.97. The molecule has 0 aliphatic heterocycles. The summed E-state index contributed by atoms with van der Waals surface area (Å²) in [4.78, 5) is 16.5. The maximum Gasteiger partial charge on any atom is 0.213 e. The van der Waals surface area contributed by atoms with Crippen molar-refractivity contribution in [3.63, 3.8) is 0 Å². The minimum absolute atomic E-state index is 0.512. The lowest BCUT2D eigenvalue weighted by molar-refractivity contribution is 0.111. The summed E-state index contributed by atoms with van der Waals surface area (Å²) >= 11 is 1.48. The maximum absolute atomic E-state index is 11.3. The molecule has 0 bridgehead atoms. The highest BCUT2D eigenvalue weighted by molar-refractivity contribution is 7.16. The van der Waals surface area contributed by atoms with Crippen molar-refractivity contribution < 1.29 is 4.79 Å². The summed E-state index contributed by atoms with van der Waals surface area (Å²) in [6.07, 6.45) is 0.814. The number of aromatic nitrogens is 3. The number of imidazole rings is 1. The molecule has 5 heteroatoms. The number of hydrogen-bond donors (Lipinski definition) is 0. The van der Waals surface area contributed by atoms with Gasteiger partial charge in [0.25, 0.3) is 0 Å². The Bertz CT molecular complexity index is 725. The van der Waals surface area contributed by atoms with Crippen molar-refractivity contribution in [3.8, 4) is 11.3 Å². The number of rotatable bonds is 2. The molecule has 0 saturated carbocycles. The first-order valence-electron chi connectivity index (χ1n) is 5.57. The van der Waals surface area contributed by atoms with Crippen molar-refractivity contribution in [2.24, 2.45) is 0 Å². The van der Waals surface area contributed by atoms with Crippen LogP contribution in [0.25, 0.3) is 16.2 Å². The van der Waals surface area contributed by atoms with E-state index in [4.69, 9.17) is 0 Å². The average molecular weight is 257 g/mol. The molecule has 0 N–H and O–H groups in total. The van der Waals surface area contributed by atoms with Gasteiger partial charge in [0.15, 0.2) is 6.29 Å². The number of fused-ring (bicyclic) bond motifs is 1. The van der Waals surface area contributed by atoms with Crippen molar-refractivity contribution in [2.75, 3.05) is 0 Å². The van der Waals surface area contributed by atoms with Crippen molar-refractivity contribution in [2.45, 2.75) is 13.8 Å². The molecule has 0 aliphatic carbocycles. The van der Waals surface area contributed by atoms with Crippen LogP contribution < -0.4 is 0 Å². The Labute approximate surface area is 108 Å². The molecule has 0 fully saturated rings. The molecule has 2 aromatic heterocycles. The van der Waals surface area contributed by atoms with Crippen LogP contribution >= 0.6 is 11.3 Å². The second kappa shape index (κ2) is 4.03. The highest BCUT2D eigenvalue weighted by Gasteiger charge is 2.16.